The zero-order valence-corrected chi connectivity index (χ0v) is 40.7. The molecule has 4 atom stereocenters. The number of hydrogen-bond acceptors (Lipinski definition) is 15. The van der Waals surface area contributed by atoms with Gasteiger partial charge in [0.05, 0.1) is 45.8 Å². The number of likely N-dealkylation sites (tertiary alicyclic amines) is 1. The summed E-state index contributed by atoms with van der Waals surface area (Å²) in [6.45, 7) is 9.44. The van der Waals surface area contributed by atoms with E-state index in [-0.39, 0.29) is 41.2 Å². The van der Waals surface area contributed by atoms with Gasteiger partial charge < -0.3 is 54.6 Å². The monoisotopic (exact) mass is 985 g/mol. The van der Waals surface area contributed by atoms with Crippen molar-refractivity contribution in [1.82, 2.24) is 30.8 Å². The Morgan fingerprint density at radius 1 is 0.855 bits per heavy atom. The van der Waals surface area contributed by atoms with E-state index in [0.717, 1.165) is 44.1 Å². The molecule has 4 N–H and O–H groups in total. The van der Waals surface area contributed by atoms with Crippen LogP contribution < -0.4 is 30.7 Å². The number of fused-ring (bicyclic) bond motifs is 1. The molecule has 1 aromatic heterocycles. The number of piperidine rings is 1. The smallest absolute Gasteiger partial charge is 0.255 e. The molecule has 382 valence electrons. The molecule has 3 aliphatic heterocycles. The van der Waals surface area contributed by atoms with Crippen LogP contribution in [0.25, 0.3) is 0 Å². The molecular weight excluding hydrogens is 914 g/mol. The number of ether oxygens (including phenoxy) is 6. The first-order valence-electron chi connectivity index (χ1n) is 24.5. The zero-order chi connectivity index (χ0) is 48.9. The van der Waals surface area contributed by atoms with E-state index in [4.69, 9.17) is 28.4 Å². The summed E-state index contributed by atoms with van der Waals surface area (Å²) in [5.74, 6) is 1.37. The molecular formula is C49H72FN7O11S. The van der Waals surface area contributed by atoms with E-state index in [1.807, 2.05) is 11.8 Å². The Labute approximate surface area is 409 Å². The zero-order valence-electron chi connectivity index (χ0n) is 39.9. The molecule has 20 heteroatoms. The Kier molecular flexibility index (Phi) is 25.6. The van der Waals surface area contributed by atoms with E-state index in [0.29, 0.717) is 172 Å². The summed E-state index contributed by atoms with van der Waals surface area (Å²) in [6.07, 6.45) is 10.9. The fraction of sp³-hybridized carbons (Fsp3) is 0.653. The molecule has 18 nitrogen and oxygen atoms in total. The molecule has 0 spiro atoms. The van der Waals surface area contributed by atoms with E-state index in [2.05, 4.69) is 37.8 Å². The number of carbonyl (C=O) groups is 5. The van der Waals surface area contributed by atoms with Crippen LogP contribution >= 0.6 is 11.8 Å². The summed E-state index contributed by atoms with van der Waals surface area (Å²) >= 11 is 1.96. The number of nitrogens with zero attached hydrogens (tertiary/aromatic N) is 3. The Morgan fingerprint density at radius 3 is 2.28 bits per heavy atom. The van der Waals surface area contributed by atoms with E-state index in [9.17, 15) is 28.4 Å². The van der Waals surface area contributed by atoms with Crippen LogP contribution in [0.5, 0.6) is 11.6 Å². The van der Waals surface area contributed by atoms with Crippen LogP contribution in [0.2, 0.25) is 0 Å². The largest absolute Gasteiger partial charge is 0.491 e. The van der Waals surface area contributed by atoms with Crippen LogP contribution in [0.1, 0.15) is 89.9 Å². The highest BCUT2D eigenvalue weighted by molar-refractivity contribution is 8.00. The first kappa shape index (κ1) is 55.0. The van der Waals surface area contributed by atoms with Crippen LogP contribution in [0.15, 0.2) is 43.1 Å². The average Bonchev–Trinajstić information content (AvgIpc) is 3.91. The summed E-state index contributed by atoms with van der Waals surface area (Å²) in [5.41, 5.74) is 0.621. The summed E-state index contributed by atoms with van der Waals surface area (Å²) in [6, 6.07) is 7.47. The van der Waals surface area contributed by atoms with Crippen LogP contribution in [0.4, 0.5) is 16.0 Å². The van der Waals surface area contributed by atoms with Crippen molar-refractivity contribution >= 4 is 52.8 Å². The molecule has 0 saturated carbocycles. The number of aromatic nitrogens is 2. The lowest BCUT2D eigenvalue weighted by molar-refractivity contribution is -0.128. The Balaban J connectivity index is 0.752. The quantitative estimate of drug-likeness (QED) is 0.0518. The predicted octanol–water partition coefficient (Wildman–Crippen LogP) is 5.07. The van der Waals surface area contributed by atoms with Crippen LogP contribution in [0.3, 0.4) is 0 Å². The second kappa shape index (κ2) is 32.1. The number of amides is 4. The van der Waals surface area contributed by atoms with Gasteiger partial charge in [0, 0.05) is 106 Å². The molecule has 69 heavy (non-hydrogen) atoms. The predicted molar refractivity (Wildman–Crippen MR) is 259 cm³/mol. The van der Waals surface area contributed by atoms with Crippen molar-refractivity contribution in [3.8, 4) is 11.6 Å². The maximum atomic E-state index is 14.5. The van der Waals surface area contributed by atoms with Crippen molar-refractivity contribution in [2.24, 2.45) is 5.92 Å². The Bertz CT molecular complexity index is 1920. The molecule has 0 bridgehead atoms. The third-order valence-electron chi connectivity index (χ3n) is 11.8. The average molecular weight is 986 g/mol. The number of thioether (sulfide) groups is 1. The minimum absolute atomic E-state index is 0.0750. The minimum Gasteiger partial charge on any atom is -0.491 e. The van der Waals surface area contributed by atoms with Gasteiger partial charge >= 0.3 is 0 Å². The lowest BCUT2D eigenvalue weighted by Gasteiger charge is -2.32. The van der Waals surface area contributed by atoms with Gasteiger partial charge in [-0.25, -0.2) is 4.98 Å². The molecule has 0 aliphatic carbocycles. The number of anilines is 2. The van der Waals surface area contributed by atoms with Crippen LogP contribution in [-0.4, -0.2) is 153 Å². The van der Waals surface area contributed by atoms with Crippen molar-refractivity contribution in [3.05, 3.63) is 48.9 Å². The molecule has 3 fully saturated rings. The van der Waals surface area contributed by atoms with Crippen molar-refractivity contribution in [1.29, 1.82) is 0 Å². The number of rotatable bonds is 36. The maximum Gasteiger partial charge on any atom is 0.255 e. The number of nitrogens with one attached hydrogen (secondary N) is 4. The first-order chi connectivity index (χ1) is 33.7. The fourth-order valence-electron chi connectivity index (χ4n) is 8.16. The molecule has 3 saturated heterocycles. The second-order valence-corrected chi connectivity index (χ2v) is 18.5. The number of ketones is 1. The van der Waals surface area contributed by atoms with Crippen LogP contribution in [-0.2, 0) is 42.9 Å². The van der Waals surface area contributed by atoms with Crippen molar-refractivity contribution in [2.45, 2.75) is 107 Å². The number of unbranched alkanes of at least 4 members (excludes halogenated alkanes) is 1. The van der Waals surface area contributed by atoms with E-state index >= 15 is 0 Å². The standard InChI is InChI=1S/C49H72FN7O11S/c1-2-47(62)57-21-7-15-39(34-57)68-48-41(50)33-53-49(56-48)54-36-11-5-14-38(31-36)67-30-29-63-22-8-13-37(58)12-6-18-45(60)52-20-10-24-65-26-28-66-27-25-64-23-9-19-51-44(59)17-4-3-16-43-40-32-46(61)55-42(40)35-69-43/h2,5,11,14,31,33,39-40,42-43H,1,3-4,6-10,12-13,15-30,32,34-35H2,(H,51,59)(H,52,60)(H,55,61)(H,53,54,56)/t39-,40-,42-,43-/m0/s1. The van der Waals surface area contributed by atoms with Gasteiger partial charge in [0.2, 0.25) is 35.4 Å². The van der Waals surface area contributed by atoms with Gasteiger partial charge in [0.1, 0.15) is 24.2 Å². The van der Waals surface area contributed by atoms with Gasteiger partial charge in [-0.2, -0.15) is 21.1 Å². The fourth-order valence-corrected chi connectivity index (χ4v) is 9.81. The SMILES string of the molecule is C=CC(=O)N1CCC[C@H](Oc2nc(Nc3cccc(OCCOCCCC(=O)CCCC(=O)NCCCOCCOCCOCCCNC(=O)CCCC[C@@H]4SC[C@@H]5NC(=O)C[C@@H]54)c3)ncc2F)C1. The normalized spacial score (nSPS) is 18.6. The van der Waals surface area contributed by atoms with Gasteiger partial charge in [0.25, 0.3) is 5.88 Å². The topological polar surface area (TPSA) is 218 Å². The summed E-state index contributed by atoms with van der Waals surface area (Å²) in [4.78, 5) is 70.1. The molecule has 0 unspecified atom stereocenters. The van der Waals surface area contributed by atoms with Gasteiger partial charge in [-0.05, 0) is 69.6 Å². The second-order valence-electron chi connectivity index (χ2n) is 17.2. The van der Waals surface area contributed by atoms with E-state index in [1.165, 1.54) is 6.08 Å². The van der Waals surface area contributed by atoms with E-state index < -0.39 is 11.9 Å². The van der Waals surface area contributed by atoms with E-state index in [1.54, 1.807) is 29.2 Å². The molecule has 4 amide bonds. The molecule has 1 aromatic carbocycles. The number of carbonyl (C=O) groups excluding carboxylic acids is 5. The molecule has 4 heterocycles. The summed E-state index contributed by atoms with van der Waals surface area (Å²) in [7, 11) is 0. The number of hydrogen-bond donors (Lipinski definition) is 4. The maximum absolute atomic E-state index is 14.5. The number of Topliss-reactive ketones (excluding diaryl/α,β-unsaturated/α-hetero) is 1. The van der Waals surface area contributed by atoms with Crippen molar-refractivity contribution in [3.63, 3.8) is 0 Å². The number of benzene rings is 1. The molecule has 3 aliphatic rings. The van der Waals surface area contributed by atoms with Gasteiger partial charge in [-0.1, -0.05) is 19.1 Å². The Hall–Kier alpha value is -4.89. The van der Waals surface area contributed by atoms with Crippen molar-refractivity contribution < 1.29 is 56.8 Å². The van der Waals surface area contributed by atoms with Gasteiger partial charge in [-0.15, -0.1) is 0 Å². The first-order valence-corrected chi connectivity index (χ1v) is 25.6. The third-order valence-corrected chi connectivity index (χ3v) is 13.3. The molecule has 2 aromatic rings. The highest BCUT2D eigenvalue weighted by Crippen LogP contribution is 2.40. The lowest BCUT2D eigenvalue weighted by Crippen LogP contribution is -2.43. The summed E-state index contributed by atoms with van der Waals surface area (Å²) < 4.78 is 48.5. The lowest BCUT2D eigenvalue weighted by atomic mass is 9.94. The minimum atomic E-state index is -0.700. The third kappa shape index (κ3) is 21.7. The molecule has 0 radical (unpaired) electrons. The molecule has 5 rings (SSSR count). The van der Waals surface area contributed by atoms with Crippen molar-refractivity contribution in [2.75, 3.05) is 96.7 Å². The highest BCUT2D eigenvalue weighted by atomic mass is 32.2. The van der Waals surface area contributed by atoms with Gasteiger partial charge in [0.15, 0.2) is 0 Å². The summed E-state index contributed by atoms with van der Waals surface area (Å²) in [5, 5.41) is 12.5. The van der Waals surface area contributed by atoms with Gasteiger partial charge in [-0.3, -0.25) is 24.0 Å². The number of halogens is 1. The van der Waals surface area contributed by atoms with Crippen LogP contribution in [0, 0.1) is 11.7 Å². The Morgan fingerprint density at radius 2 is 1.54 bits per heavy atom. The highest BCUT2D eigenvalue weighted by Gasteiger charge is 2.42.